The predicted octanol–water partition coefficient (Wildman–Crippen LogP) is 15.4. The lowest BCUT2D eigenvalue weighted by Crippen LogP contribution is -2.59. The Kier molecular flexibility index (Phi) is 9.62. The van der Waals surface area contributed by atoms with E-state index in [2.05, 4.69) is 199 Å². The van der Waals surface area contributed by atoms with Crippen LogP contribution in [-0.4, -0.2) is 6.71 Å². The quantitative estimate of drug-likeness (QED) is 0.148. The van der Waals surface area contributed by atoms with Crippen molar-refractivity contribution in [3.63, 3.8) is 0 Å². The molecule has 0 radical (unpaired) electrons. The van der Waals surface area contributed by atoms with Crippen molar-refractivity contribution >= 4 is 40.2 Å². The van der Waals surface area contributed by atoms with Crippen LogP contribution in [0.5, 0.6) is 11.5 Å². The van der Waals surface area contributed by atoms with Crippen molar-refractivity contribution < 1.29 is 13.5 Å². The van der Waals surface area contributed by atoms with Gasteiger partial charge in [0.2, 0.25) is 0 Å². The minimum absolute atomic E-state index is 0.295. The Morgan fingerprint density at radius 3 is 1.46 bits per heavy atom. The number of rotatable bonds is 7. The van der Waals surface area contributed by atoms with Gasteiger partial charge < -0.3 is 9.64 Å². The standard InChI is InChI=1S/C67H42BF2NO/c69-53-24-14-20-45(35-53)47-30-32-62-60(39-47)68-61-40-48(46-21-15-25-54(70)36-46)31-33-64(61)72-65-42-52(67(51-22-8-3-9-23-51)58-28-12-10-26-56(58)57-27-11-13-29-59(57)67)41-63(66(65)68)71(62)55-37-49(43-16-4-1-5-17-43)34-50(38-55)44-18-6-2-7-19-44/h1-42H. The summed E-state index contributed by atoms with van der Waals surface area (Å²) in [6.07, 6.45) is 0. The lowest BCUT2D eigenvalue weighted by molar-refractivity contribution is 0.486. The van der Waals surface area contributed by atoms with Crippen LogP contribution in [0.3, 0.4) is 0 Å². The fourth-order valence-electron chi connectivity index (χ4n) is 12.0. The van der Waals surface area contributed by atoms with E-state index < -0.39 is 5.41 Å². The summed E-state index contributed by atoms with van der Waals surface area (Å²) in [6.45, 7) is -0.331. The summed E-state index contributed by atoms with van der Waals surface area (Å²) >= 11 is 0. The van der Waals surface area contributed by atoms with Crippen molar-refractivity contribution in [2.24, 2.45) is 0 Å². The highest BCUT2D eigenvalue weighted by Gasteiger charge is 2.49. The van der Waals surface area contributed by atoms with Crippen LogP contribution >= 0.6 is 0 Å². The highest BCUT2D eigenvalue weighted by atomic mass is 19.1. The summed E-state index contributed by atoms with van der Waals surface area (Å²) in [5, 5.41) is 0. The Hall–Kier alpha value is -9.06. The van der Waals surface area contributed by atoms with E-state index >= 15 is 4.39 Å². The minimum atomic E-state index is -0.728. The van der Waals surface area contributed by atoms with E-state index in [-0.39, 0.29) is 18.3 Å². The van der Waals surface area contributed by atoms with Gasteiger partial charge in [0.1, 0.15) is 23.1 Å². The maximum absolute atomic E-state index is 15.1. The number of anilines is 3. The van der Waals surface area contributed by atoms with Gasteiger partial charge in [0, 0.05) is 17.1 Å². The van der Waals surface area contributed by atoms with Gasteiger partial charge in [0.15, 0.2) is 0 Å². The summed E-state index contributed by atoms with van der Waals surface area (Å²) in [5.41, 5.74) is 20.0. The van der Waals surface area contributed by atoms with Crippen LogP contribution in [0.1, 0.15) is 22.3 Å². The van der Waals surface area contributed by atoms with E-state index in [1.807, 2.05) is 24.3 Å². The van der Waals surface area contributed by atoms with Crippen molar-refractivity contribution in [1.29, 1.82) is 0 Å². The van der Waals surface area contributed by atoms with Crippen LogP contribution in [0.15, 0.2) is 255 Å². The average Bonchev–Trinajstić information content (AvgIpc) is 3.74. The molecule has 2 aliphatic heterocycles. The molecule has 5 heteroatoms. The molecule has 0 aromatic heterocycles. The van der Waals surface area contributed by atoms with Gasteiger partial charge in [-0.05, 0) is 161 Å². The summed E-state index contributed by atoms with van der Waals surface area (Å²) in [4.78, 5) is 2.43. The molecule has 0 saturated carbocycles. The van der Waals surface area contributed by atoms with Crippen LogP contribution in [-0.2, 0) is 5.41 Å². The Bertz CT molecular complexity index is 3850. The normalized spacial score (nSPS) is 13.3. The molecule has 2 nitrogen and oxygen atoms in total. The van der Waals surface area contributed by atoms with Crippen LogP contribution in [0.4, 0.5) is 25.8 Å². The third kappa shape index (κ3) is 6.54. The van der Waals surface area contributed by atoms with E-state index in [1.165, 1.54) is 34.4 Å². The molecule has 0 fully saturated rings. The van der Waals surface area contributed by atoms with Crippen molar-refractivity contribution in [2.45, 2.75) is 5.41 Å². The fourth-order valence-corrected chi connectivity index (χ4v) is 12.0. The fraction of sp³-hybridized carbons (Fsp3) is 0.0149. The number of halogens is 2. The number of fused-ring (bicyclic) bond motifs is 7. The molecular weight excluding hydrogens is 884 g/mol. The van der Waals surface area contributed by atoms with Crippen molar-refractivity contribution in [1.82, 2.24) is 0 Å². The summed E-state index contributed by atoms with van der Waals surface area (Å²) < 4.78 is 37.4. The zero-order valence-electron chi connectivity index (χ0n) is 38.9. The molecule has 11 aromatic rings. The first-order valence-corrected chi connectivity index (χ1v) is 24.5. The SMILES string of the molecule is Fc1cccc(-c2ccc3c(c2)B2c4cc(-c5cccc(F)c5)ccc4N(c4cc(-c5ccccc5)cc(-c5ccccc5)c4)c4cc(C5(c6ccccc6)c6ccccc6-c6ccccc65)cc(c42)O3)c1. The molecular formula is C67H42BF2NO. The molecule has 0 N–H and O–H groups in total. The second-order valence-electron chi connectivity index (χ2n) is 19.0. The van der Waals surface area contributed by atoms with Gasteiger partial charge in [-0.2, -0.15) is 0 Å². The molecule has 338 valence electrons. The van der Waals surface area contributed by atoms with Gasteiger partial charge in [0.05, 0.1) is 5.41 Å². The minimum Gasteiger partial charge on any atom is -0.458 e. The molecule has 11 aromatic carbocycles. The molecule has 2 heterocycles. The van der Waals surface area contributed by atoms with Gasteiger partial charge in [-0.3, -0.25) is 0 Å². The Labute approximate surface area is 417 Å². The highest BCUT2D eigenvalue weighted by Crippen LogP contribution is 2.58. The van der Waals surface area contributed by atoms with Crippen LogP contribution in [0.2, 0.25) is 0 Å². The number of hydrogen-bond donors (Lipinski definition) is 0. The van der Waals surface area contributed by atoms with Crippen molar-refractivity contribution in [3.05, 3.63) is 289 Å². The molecule has 14 rings (SSSR count). The van der Waals surface area contributed by atoms with Gasteiger partial charge in [0.25, 0.3) is 6.71 Å². The van der Waals surface area contributed by atoms with Crippen LogP contribution < -0.4 is 26.0 Å². The predicted molar refractivity (Wildman–Crippen MR) is 291 cm³/mol. The molecule has 0 unspecified atom stereocenters. The summed E-state index contributed by atoms with van der Waals surface area (Å²) in [7, 11) is 0. The topological polar surface area (TPSA) is 12.5 Å². The molecule has 0 amide bonds. The van der Waals surface area contributed by atoms with Crippen LogP contribution in [0.25, 0.3) is 55.6 Å². The monoisotopic (exact) mass is 925 g/mol. The lowest BCUT2D eigenvalue weighted by atomic mass is 9.34. The second-order valence-corrected chi connectivity index (χ2v) is 19.0. The van der Waals surface area contributed by atoms with E-state index in [9.17, 15) is 4.39 Å². The zero-order chi connectivity index (χ0) is 47.9. The number of nitrogens with zero attached hydrogens (tertiary/aromatic N) is 1. The third-order valence-electron chi connectivity index (χ3n) is 15.1. The van der Waals surface area contributed by atoms with E-state index in [1.54, 1.807) is 24.3 Å². The lowest BCUT2D eigenvalue weighted by Gasteiger charge is -2.42. The Balaban J connectivity index is 1.11. The number of hydrogen-bond acceptors (Lipinski definition) is 2. The summed E-state index contributed by atoms with van der Waals surface area (Å²) in [5.74, 6) is 0.890. The molecule has 0 saturated heterocycles. The average molecular weight is 926 g/mol. The van der Waals surface area contributed by atoms with Gasteiger partial charge >= 0.3 is 0 Å². The zero-order valence-corrected chi connectivity index (χ0v) is 38.9. The summed E-state index contributed by atoms with van der Waals surface area (Å²) in [6, 6.07) is 87.7. The van der Waals surface area contributed by atoms with Gasteiger partial charge in [-0.15, -0.1) is 0 Å². The first-order chi connectivity index (χ1) is 35.5. The Morgan fingerprint density at radius 2 is 0.861 bits per heavy atom. The van der Waals surface area contributed by atoms with Crippen molar-refractivity contribution in [3.8, 4) is 67.1 Å². The maximum Gasteiger partial charge on any atom is 0.256 e. The smallest absolute Gasteiger partial charge is 0.256 e. The van der Waals surface area contributed by atoms with Crippen molar-refractivity contribution in [2.75, 3.05) is 4.90 Å². The molecule has 1 aliphatic carbocycles. The largest absolute Gasteiger partial charge is 0.458 e. The molecule has 72 heavy (non-hydrogen) atoms. The second kappa shape index (κ2) is 16.5. The maximum atomic E-state index is 15.1. The van der Waals surface area contributed by atoms with Gasteiger partial charge in [-0.1, -0.05) is 188 Å². The Morgan fingerprint density at radius 1 is 0.347 bits per heavy atom. The van der Waals surface area contributed by atoms with E-state index in [4.69, 9.17) is 4.74 Å². The first kappa shape index (κ1) is 41.9. The molecule has 3 aliphatic rings. The molecule has 0 bridgehead atoms. The molecule has 0 atom stereocenters. The third-order valence-corrected chi connectivity index (χ3v) is 15.1. The van der Waals surface area contributed by atoms with E-state index in [0.717, 1.165) is 101 Å². The number of ether oxygens (including phenoxy) is 1. The highest BCUT2D eigenvalue weighted by molar-refractivity contribution is 6.99. The van der Waals surface area contributed by atoms with Crippen LogP contribution in [0, 0.1) is 11.6 Å². The first-order valence-electron chi connectivity index (χ1n) is 24.5. The molecule has 0 spiro atoms. The van der Waals surface area contributed by atoms with E-state index in [0.29, 0.717) is 0 Å². The van der Waals surface area contributed by atoms with Gasteiger partial charge in [-0.25, -0.2) is 8.78 Å². The number of benzene rings is 11.